The monoisotopic (exact) mass is 574 g/mol. The van der Waals surface area contributed by atoms with Gasteiger partial charge in [0.1, 0.15) is 0 Å². The summed E-state index contributed by atoms with van der Waals surface area (Å²) in [5, 5.41) is 4.79. The average Bonchev–Trinajstić information content (AvgIpc) is 2.95. The highest BCUT2D eigenvalue weighted by Crippen LogP contribution is 2.27. The van der Waals surface area contributed by atoms with Gasteiger partial charge in [-0.25, -0.2) is 5.01 Å². The summed E-state index contributed by atoms with van der Waals surface area (Å²) in [5.41, 5.74) is 13.8. The smallest absolute Gasteiger partial charge is 0.306 e. The minimum absolute atomic E-state index is 0.115. The van der Waals surface area contributed by atoms with E-state index in [0.29, 0.717) is 16.8 Å². The molecule has 2 aromatic rings. The summed E-state index contributed by atoms with van der Waals surface area (Å²) in [4.78, 5) is 43.3. The van der Waals surface area contributed by atoms with Crippen LogP contribution in [0.15, 0.2) is 42.5 Å². The van der Waals surface area contributed by atoms with Crippen LogP contribution in [0.1, 0.15) is 72.6 Å². The molecule has 9 heteroatoms. The van der Waals surface area contributed by atoms with E-state index >= 15 is 0 Å². The van der Waals surface area contributed by atoms with Gasteiger partial charge in [-0.3, -0.25) is 24.7 Å². The zero-order chi connectivity index (χ0) is 30.4. The molecule has 9 nitrogen and oxygen atoms in total. The van der Waals surface area contributed by atoms with Crippen LogP contribution >= 0.6 is 0 Å². The quantitative estimate of drug-likeness (QED) is 0.326. The molecule has 0 atom stereocenters. The molecule has 2 saturated heterocycles. The number of piperidine rings is 1. The van der Waals surface area contributed by atoms with Crippen molar-refractivity contribution in [2.75, 3.05) is 51.6 Å². The van der Waals surface area contributed by atoms with Gasteiger partial charge in [-0.15, -0.1) is 0 Å². The van der Waals surface area contributed by atoms with Crippen LogP contribution in [-0.2, 0) is 21.5 Å². The van der Waals surface area contributed by atoms with Crippen molar-refractivity contribution in [2.24, 2.45) is 5.73 Å². The first-order chi connectivity index (χ1) is 19.9. The number of nitrogens with one attached hydrogen (secondary N) is 2. The molecular weight excluding hydrogens is 528 g/mol. The number of amides is 2. The minimum atomic E-state index is -0.709. The van der Waals surface area contributed by atoms with Gasteiger partial charge in [0, 0.05) is 74.4 Å². The van der Waals surface area contributed by atoms with Gasteiger partial charge in [0.2, 0.25) is 5.78 Å². The molecule has 2 aromatic carbocycles. The topological polar surface area (TPSA) is 111 Å². The highest BCUT2D eigenvalue weighted by molar-refractivity contribution is 6.41. The lowest BCUT2D eigenvalue weighted by Gasteiger charge is -2.32. The number of hydrazine groups is 1. The molecule has 2 aliphatic heterocycles. The first kappa shape index (κ1) is 31.4. The van der Waals surface area contributed by atoms with Crippen LogP contribution in [0.2, 0.25) is 0 Å². The number of hydrogen-bond acceptors (Lipinski definition) is 7. The molecule has 226 valence electrons. The molecule has 42 heavy (non-hydrogen) atoms. The van der Waals surface area contributed by atoms with E-state index in [-0.39, 0.29) is 17.0 Å². The summed E-state index contributed by atoms with van der Waals surface area (Å²) >= 11 is 0. The van der Waals surface area contributed by atoms with Gasteiger partial charge in [-0.2, -0.15) is 0 Å². The third kappa shape index (κ3) is 8.50. The molecule has 2 aliphatic rings. The van der Waals surface area contributed by atoms with E-state index in [1.807, 2.05) is 31.2 Å². The Morgan fingerprint density at radius 2 is 1.62 bits per heavy atom. The standard InChI is InChI=1S/C33H46N6O3/c1-23-9-10-27(20-28(23)29(34)21-30(40)32(42)36-39-11-7-6-8-12-39)35-31(41)25-17-24(18-26(19-25)33(2,3)4)22-38-15-13-37(5)14-16-38/h9-10,17-21H,6-8,11-16,22,34H2,1-5H3,(H,35,41)(H,36,42). The van der Waals surface area contributed by atoms with Gasteiger partial charge in [-0.1, -0.05) is 39.3 Å². The minimum Gasteiger partial charge on any atom is -0.398 e. The molecule has 4 N–H and O–H groups in total. The van der Waals surface area contributed by atoms with E-state index in [9.17, 15) is 14.4 Å². The van der Waals surface area contributed by atoms with Crippen LogP contribution in [0.4, 0.5) is 5.69 Å². The van der Waals surface area contributed by atoms with Crippen molar-refractivity contribution in [1.82, 2.24) is 20.2 Å². The summed E-state index contributed by atoms with van der Waals surface area (Å²) in [5.74, 6) is -1.62. The number of hydrogen-bond donors (Lipinski definition) is 3. The van der Waals surface area contributed by atoms with Crippen LogP contribution < -0.4 is 16.5 Å². The van der Waals surface area contributed by atoms with E-state index < -0.39 is 11.7 Å². The zero-order valence-electron chi connectivity index (χ0n) is 25.8. The zero-order valence-corrected chi connectivity index (χ0v) is 25.8. The molecule has 2 amide bonds. The molecule has 0 saturated carbocycles. The summed E-state index contributed by atoms with van der Waals surface area (Å²) in [6.45, 7) is 14.7. The number of carbonyl (C=O) groups is 3. The van der Waals surface area contributed by atoms with Crippen molar-refractivity contribution in [3.8, 4) is 0 Å². The molecule has 0 aliphatic carbocycles. The summed E-state index contributed by atoms with van der Waals surface area (Å²) in [6.07, 6.45) is 4.26. The number of rotatable bonds is 8. The fourth-order valence-corrected chi connectivity index (χ4v) is 5.31. The maximum absolute atomic E-state index is 13.5. The number of piperazine rings is 1. The fourth-order valence-electron chi connectivity index (χ4n) is 5.31. The highest BCUT2D eigenvalue weighted by Gasteiger charge is 2.21. The molecule has 0 unspecified atom stereocenters. The molecule has 2 heterocycles. The van der Waals surface area contributed by atoms with Crippen molar-refractivity contribution in [1.29, 1.82) is 0 Å². The van der Waals surface area contributed by atoms with E-state index in [2.05, 4.69) is 54.4 Å². The van der Waals surface area contributed by atoms with Gasteiger partial charge in [0.25, 0.3) is 5.91 Å². The number of carbonyl (C=O) groups excluding carboxylic acids is 3. The highest BCUT2D eigenvalue weighted by atomic mass is 16.2. The fraction of sp³-hybridized carbons (Fsp3) is 0.485. The van der Waals surface area contributed by atoms with E-state index in [1.165, 1.54) is 0 Å². The van der Waals surface area contributed by atoms with Crippen molar-refractivity contribution < 1.29 is 14.4 Å². The molecule has 0 spiro atoms. The first-order valence-electron chi connectivity index (χ1n) is 14.9. The Bertz CT molecular complexity index is 1330. The lowest BCUT2D eigenvalue weighted by Crippen LogP contribution is -2.47. The van der Waals surface area contributed by atoms with E-state index in [0.717, 1.165) is 87.8 Å². The predicted octanol–water partition coefficient (Wildman–Crippen LogP) is 3.68. The van der Waals surface area contributed by atoms with Crippen molar-refractivity contribution >= 4 is 29.0 Å². The maximum Gasteiger partial charge on any atom is 0.306 e. The summed E-state index contributed by atoms with van der Waals surface area (Å²) < 4.78 is 0. The number of ketones is 1. The Kier molecular flexibility index (Phi) is 10.2. The number of nitrogens with two attached hydrogens (primary N) is 1. The Labute approximate surface area is 250 Å². The van der Waals surface area contributed by atoms with Crippen molar-refractivity contribution in [2.45, 2.75) is 58.9 Å². The Morgan fingerprint density at radius 1 is 0.929 bits per heavy atom. The third-order valence-electron chi connectivity index (χ3n) is 8.06. The second-order valence-corrected chi connectivity index (χ2v) is 12.7. The molecule has 2 fully saturated rings. The van der Waals surface area contributed by atoms with E-state index in [1.54, 1.807) is 11.1 Å². The van der Waals surface area contributed by atoms with Gasteiger partial charge < -0.3 is 16.0 Å². The van der Waals surface area contributed by atoms with Gasteiger partial charge in [0.05, 0.1) is 0 Å². The largest absolute Gasteiger partial charge is 0.398 e. The third-order valence-corrected chi connectivity index (χ3v) is 8.06. The number of likely N-dealkylation sites (N-methyl/N-ethyl adjacent to an activating group) is 1. The summed E-state index contributed by atoms with van der Waals surface area (Å²) in [7, 11) is 2.14. The lowest BCUT2D eigenvalue weighted by atomic mass is 9.85. The SMILES string of the molecule is Cc1ccc(NC(=O)c2cc(CN3CCN(C)CC3)cc(C(C)(C)C)c2)cc1C(N)=CC(=O)C(=O)NN1CCCCC1. The number of aryl methyl sites for hydroxylation is 1. The molecule has 0 aromatic heterocycles. The van der Waals surface area contributed by atoms with Crippen LogP contribution in [0.3, 0.4) is 0 Å². The Morgan fingerprint density at radius 3 is 2.29 bits per heavy atom. The number of nitrogens with zero attached hydrogens (tertiary/aromatic N) is 3. The van der Waals surface area contributed by atoms with Gasteiger partial charge in [0.15, 0.2) is 0 Å². The molecule has 0 bridgehead atoms. The molecule has 0 radical (unpaired) electrons. The molecule has 4 rings (SSSR count). The second kappa shape index (κ2) is 13.6. The number of anilines is 1. The maximum atomic E-state index is 13.5. The number of benzene rings is 2. The van der Waals surface area contributed by atoms with Gasteiger partial charge >= 0.3 is 5.91 Å². The normalized spacial score (nSPS) is 17.6. The lowest BCUT2D eigenvalue weighted by molar-refractivity contribution is -0.138. The Balaban J connectivity index is 1.49. The van der Waals surface area contributed by atoms with E-state index in [4.69, 9.17) is 5.73 Å². The van der Waals surface area contributed by atoms with Crippen LogP contribution in [-0.4, -0.2) is 78.7 Å². The van der Waals surface area contributed by atoms with Gasteiger partial charge in [-0.05, 0) is 73.2 Å². The van der Waals surface area contributed by atoms with Crippen molar-refractivity contribution in [3.63, 3.8) is 0 Å². The van der Waals surface area contributed by atoms with Crippen molar-refractivity contribution in [3.05, 3.63) is 70.3 Å². The van der Waals surface area contributed by atoms with Crippen LogP contribution in [0.25, 0.3) is 5.70 Å². The second-order valence-electron chi connectivity index (χ2n) is 12.7. The average molecular weight is 575 g/mol. The predicted molar refractivity (Wildman–Crippen MR) is 168 cm³/mol. The van der Waals surface area contributed by atoms with Crippen LogP contribution in [0.5, 0.6) is 0 Å². The molecular formula is C33H46N6O3. The first-order valence-corrected chi connectivity index (χ1v) is 14.9. The summed E-state index contributed by atoms with van der Waals surface area (Å²) in [6, 6.07) is 11.6. The Hall–Kier alpha value is -3.53. The van der Waals surface area contributed by atoms with Crippen LogP contribution in [0, 0.1) is 6.92 Å².